The number of hydrogen-bond acceptors (Lipinski definition) is 5. The predicted molar refractivity (Wildman–Crippen MR) is 75.3 cm³/mol. The van der Waals surface area contributed by atoms with Gasteiger partial charge < -0.3 is 9.15 Å². The highest BCUT2D eigenvalue weighted by Gasteiger charge is 2.33. The maximum absolute atomic E-state index is 11.9. The molecule has 0 spiro atoms. The van der Waals surface area contributed by atoms with E-state index in [1.807, 2.05) is 6.92 Å². The average molecular weight is 280 g/mol. The Balaban J connectivity index is 2.02. The minimum absolute atomic E-state index is 0.0448. The first-order valence-corrected chi connectivity index (χ1v) is 7.27. The molecule has 1 unspecified atom stereocenters. The molecule has 1 atom stereocenters. The molecule has 20 heavy (non-hydrogen) atoms. The van der Waals surface area contributed by atoms with Crippen molar-refractivity contribution in [3.63, 3.8) is 0 Å². The third-order valence-electron chi connectivity index (χ3n) is 3.55. The van der Waals surface area contributed by atoms with Crippen molar-refractivity contribution in [1.29, 1.82) is 0 Å². The highest BCUT2D eigenvalue weighted by atomic mass is 16.5. The van der Waals surface area contributed by atoms with E-state index in [1.165, 1.54) is 0 Å². The Morgan fingerprint density at radius 2 is 2.30 bits per heavy atom. The molecule has 1 saturated heterocycles. The number of carbonyl (C=O) groups is 1. The van der Waals surface area contributed by atoms with Gasteiger partial charge in [-0.1, -0.05) is 20.8 Å². The Kier molecular flexibility index (Phi) is 4.48. The molecule has 1 aromatic heterocycles. The van der Waals surface area contributed by atoms with Crippen LogP contribution in [-0.2, 0) is 21.5 Å². The molecule has 0 aromatic carbocycles. The standard InChI is InChI=1S/C15H24N2O3/c1-5-19-14(18)11-7-6-8-17(11)10-13-16-9-12(20-13)15(2,3)4/h9,11H,5-8,10H2,1-4H3. The summed E-state index contributed by atoms with van der Waals surface area (Å²) in [4.78, 5) is 18.3. The normalized spacial score (nSPS) is 20.3. The quantitative estimate of drug-likeness (QED) is 0.793. The molecule has 0 aliphatic carbocycles. The highest BCUT2D eigenvalue weighted by molar-refractivity contribution is 5.76. The number of nitrogens with zero attached hydrogens (tertiary/aromatic N) is 2. The summed E-state index contributed by atoms with van der Waals surface area (Å²) in [6.07, 6.45) is 3.65. The molecule has 0 radical (unpaired) electrons. The van der Waals surface area contributed by atoms with E-state index in [9.17, 15) is 4.79 Å². The van der Waals surface area contributed by atoms with Crippen LogP contribution in [0, 0.1) is 0 Å². The molecule has 0 saturated carbocycles. The number of oxazole rings is 1. The van der Waals surface area contributed by atoms with Gasteiger partial charge in [0.15, 0.2) is 0 Å². The number of aromatic nitrogens is 1. The number of esters is 1. The van der Waals surface area contributed by atoms with Crippen LogP contribution in [0.2, 0.25) is 0 Å². The van der Waals surface area contributed by atoms with Crippen LogP contribution in [-0.4, -0.2) is 35.0 Å². The van der Waals surface area contributed by atoms with Gasteiger partial charge >= 0.3 is 5.97 Å². The van der Waals surface area contributed by atoms with Crippen LogP contribution < -0.4 is 0 Å². The summed E-state index contributed by atoms with van der Waals surface area (Å²) >= 11 is 0. The van der Waals surface area contributed by atoms with Gasteiger partial charge in [0.25, 0.3) is 0 Å². The van der Waals surface area contributed by atoms with Gasteiger partial charge in [-0.05, 0) is 26.3 Å². The zero-order chi connectivity index (χ0) is 14.8. The van der Waals surface area contributed by atoms with Gasteiger partial charge in [0.05, 0.1) is 19.3 Å². The number of rotatable bonds is 4. The molecule has 0 bridgehead atoms. The topological polar surface area (TPSA) is 55.6 Å². The predicted octanol–water partition coefficient (Wildman–Crippen LogP) is 2.50. The zero-order valence-corrected chi connectivity index (χ0v) is 12.8. The van der Waals surface area contributed by atoms with E-state index in [2.05, 4.69) is 30.7 Å². The maximum Gasteiger partial charge on any atom is 0.323 e. The van der Waals surface area contributed by atoms with Gasteiger partial charge in [0, 0.05) is 5.41 Å². The minimum Gasteiger partial charge on any atom is -0.465 e. The van der Waals surface area contributed by atoms with Gasteiger partial charge in [0.2, 0.25) is 5.89 Å². The molecule has 2 rings (SSSR count). The van der Waals surface area contributed by atoms with Crippen molar-refractivity contribution in [2.75, 3.05) is 13.2 Å². The molecular formula is C15H24N2O3. The molecule has 112 valence electrons. The minimum atomic E-state index is -0.153. The average Bonchev–Trinajstić information content (AvgIpc) is 2.98. The summed E-state index contributed by atoms with van der Waals surface area (Å²) in [5.74, 6) is 1.41. The molecule has 0 N–H and O–H groups in total. The third-order valence-corrected chi connectivity index (χ3v) is 3.55. The Labute approximate surface area is 120 Å². The van der Waals surface area contributed by atoms with Gasteiger partial charge in [-0.15, -0.1) is 0 Å². The lowest BCUT2D eigenvalue weighted by Crippen LogP contribution is -2.36. The van der Waals surface area contributed by atoms with Crippen molar-refractivity contribution in [3.8, 4) is 0 Å². The van der Waals surface area contributed by atoms with Gasteiger partial charge in [-0.3, -0.25) is 9.69 Å². The zero-order valence-electron chi connectivity index (χ0n) is 12.8. The van der Waals surface area contributed by atoms with Crippen molar-refractivity contribution in [2.24, 2.45) is 0 Å². The monoisotopic (exact) mass is 280 g/mol. The number of hydrogen-bond donors (Lipinski definition) is 0. The van der Waals surface area contributed by atoms with E-state index < -0.39 is 0 Å². The fraction of sp³-hybridized carbons (Fsp3) is 0.733. The van der Waals surface area contributed by atoms with Crippen LogP contribution >= 0.6 is 0 Å². The lowest BCUT2D eigenvalue weighted by Gasteiger charge is -2.21. The van der Waals surface area contributed by atoms with Crippen molar-refractivity contribution in [3.05, 3.63) is 17.8 Å². The molecule has 0 amide bonds. The van der Waals surface area contributed by atoms with Crippen molar-refractivity contribution in [1.82, 2.24) is 9.88 Å². The molecule has 1 aromatic rings. The molecule has 2 heterocycles. The highest BCUT2D eigenvalue weighted by Crippen LogP contribution is 2.25. The molecule has 5 heteroatoms. The summed E-state index contributed by atoms with van der Waals surface area (Å²) in [5.41, 5.74) is -0.0448. The summed E-state index contributed by atoms with van der Waals surface area (Å²) in [6.45, 7) is 9.99. The maximum atomic E-state index is 11.9. The number of carbonyl (C=O) groups excluding carboxylic acids is 1. The summed E-state index contributed by atoms with van der Waals surface area (Å²) < 4.78 is 10.9. The first-order valence-electron chi connectivity index (χ1n) is 7.27. The molecule has 5 nitrogen and oxygen atoms in total. The SMILES string of the molecule is CCOC(=O)C1CCCN1Cc1ncc(C(C)(C)C)o1. The lowest BCUT2D eigenvalue weighted by atomic mass is 9.94. The summed E-state index contributed by atoms with van der Waals surface area (Å²) in [6, 6.07) is -0.153. The van der Waals surface area contributed by atoms with Gasteiger partial charge in [-0.25, -0.2) is 4.98 Å². The number of ether oxygens (including phenoxy) is 1. The second-order valence-electron chi connectivity index (χ2n) is 6.25. The van der Waals surface area contributed by atoms with E-state index in [1.54, 1.807) is 6.20 Å². The van der Waals surface area contributed by atoms with E-state index in [0.29, 0.717) is 19.0 Å². The largest absolute Gasteiger partial charge is 0.465 e. The molecule has 1 aliphatic heterocycles. The Morgan fingerprint density at radius 3 is 2.90 bits per heavy atom. The van der Waals surface area contributed by atoms with Crippen LogP contribution in [0.1, 0.15) is 52.2 Å². The molecular weight excluding hydrogens is 256 g/mol. The van der Waals surface area contributed by atoms with Gasteiger partial charge in [0.1, 0.15) is 11.8 Å². The van der Waals surface area contributed by atoms with Crippen LogP contribution in [0.15, 0.2) is 10.6 Å². The van der Waals surface area contributed by atoms with E-state index in [0.717, 1.165) is 25.1 Å². The second-order valence-corrected chi connectivity index (χ2v) is 6.25. The van der Waals surface area contributed by atoms with Crippen LogP contribution in [0.4, 0.5) is 0 Å². The van der Waals surface area contributed by atoms with E-state index in [4.69, 9.17) is 9.15 Å². The van der Waals surface area contributed by atoms with Crippen LogP contribution in [0.25, 0.3) is 0 Å². The fourth-order valence-corrected chi connectivity index (χ4v) is 2.42. The first kappa shape index (κ1) is 15.0. The summed E-state index contributed by atoms with van der Waals surface area (Å²) in [5, 5.41) is 0. The lowest BCUT2D eigenvalue weighted by molar-refractivity contribution is -0.148. The third kappa shape index (κ3) is 3.39. The Bertz CT molecular complexity index is 462. The number of likely N-dealkylation sites (tertiary alicyclic amines) is 1. The molecule has 1 fully saturated rings. The summed E-state index contributed by atoms with van der Waals surface area (Å²) in [7, 11) is 0. The van der Waals surface area contributed by atoms with Gasteiger partial charge in [-0.2, -0.15) is 0 Å². The first-order chi connectivity index (χ1) is 9.41. The smallest absolute Gasteiger partial charge is 0.323 e. The van der Waals surface area contributed by atoms with Crippen LogP contribution in [0.3, 0.4) is 0 Å². The second kappa shape index (κ2) is 5.95. The fourth-order valence-electron chi connectivity index (χ4n) is 2.42. The van der Waals surface area contributed by atoms with E-state index >= 15 is 0 Å². The van der Waals surface area contributed by atoms with E-state index in [-0.39, 0.29) is 17.4 Å². The Hall–Kier alpha value is -1.36. The van der Waals surface area contributed by atoms with Crippen LogP contribution in [0.5, 0.6) is 0 Å². The van der Waals surface area contributed by atoms with Crippen molar-refractivity contribution in [2.45, 2.75) is 58.5 Å². The molecule has 1 aliphatic rings. The van der Waals surface area contributed by atoms with Crippen molar-refractivity contribution < 1.29 is 13.9 Å². The Morgan fingerprint density at radius 1 is 1.55 bits per heavy atom. The van der Waals surface area contributed by atoms with Crippen molar-refractivity contribution >= 4 is 5.97 Å².